The van der Waals surface area contributed by atoms with Gasteiger partial charge in [-0.25, -0.2) is 0 Å². The van der Waals surface area contributed by atoms with Crippen LogP contribution in [0.3, 0.4) is 0 Å². The van der Waals surface area contributed by atoms with Gasteiger partial charge in [-0.3, -0.25) is 0 Å². The lowest BCUT2D eigenvalue weighted by Crippen LogP contribution is -2.29. The summed E-state index contributed by atoms with van der Waals surface area (Å²) in [6, 6.07) is 9.52. The first-order chi connectivity index (χ1) is 6.24. The van der Waals surface area contributed by atoms with Crippen molar-refractivity contribution in [3.8, 4) is 0 Å². The third-order valence-electron chi connectivity index (χ3n) is 1.89. The summed E-state index contributed by atoms with van der Waals surface area (Å²) in [5.74, 6) is 0.0635. The summed E-state index contributed by atoms with van der Waals surface area (Å²) in [6.07, 6.45) is -1.18. The van der Waals surface area contributed by atoms with Crippen molar-refractivity contribution in [3.05, 3.63) is 35.9 Å². The van der Waals surface area contributed by atoms with Gasteiger partial charge < -0.3 is 10.2 Å². The van der Waals surface area contributed by atoms with Gasteiger partial charge in [0.25, 0.3) is 0 Å². The van der Waals surface area contributed by atoms with E-state index in [2.05, 4.69) is 0 Å². The molecule has 2 N–H and O–H groups in total. The summed E-state index contributed by atoms with van der Waals surface area (Å²) in [5.41, 5.74) is 0.999. The summed E-state index contributed by atoms with van der Waals surface area (Å²) < 4.78 is 0. The molecule has 2 atom stereocenters. The maximum Gasteiger partial charge on any atom is 0.0937 e. The minimum atomic E-state index is -0.845. The predicted octanol–water partition coefficient (Wildman–Crippen LogP) is 1.19. The van der Waals surface area contributed by atoms with Crippen LogP contribution in [-0.4, -0.2) is 28.3 Å². The Morgan fingerprint density at radius 2 is 1.69 bits per heavy atom. The molecule has 0 aliphatic heterocycles. The molecule has 0 aliphatic rings. The molecule has 3 heteroatoms. The Kier molecular flexibility index (Phi) is 4.22. The molecular formula is C10H13ClO2. The fraction of sp³-hybridized carbons (Fsp3) is 0.400. The summed E-state index contributed by atoms with van der Waals surface area (Å²) in [6.45, 7) is 0. The van der Waals surface area contributed by atoms with Crippen molar-refractivity contribution in [3.63, 3.8) is 0 Å². The lowest BCUT2D eigenvalue weighted by atomic mass is 10.1. The molecule has 1 aromatic carbocycles. The molecule has 0 aromatic heterocycles. The van der Waals surface area contributed by atoms with Crippen molar-refractivity contribution in [2.45, 2.75) is 18.6 Å². The smallest absolute Gasteiger partial charge is 0.0937 e. The molecule has 2 nitrogen and oxygen atoms in total. The van der Waals surface area contributed by atoms with Gasteiger partial charge in [-0.1, -0.05) is 30.3 Å². The van der Waals surface area contributed by atoms with Crippen LogP contribution in [0.1, 0.15) is 5.56 Å². The number of halogens is 1. The zero-order chi connectivity index (χ0) is 9.68. The lowest BCUT2D eigenvalue weighted by molar-refractivity contribution is 0.0341. The average molecular weight is 201 g/mol. The number of aliphatic hydroxyl groups is 2. The van der Waals surface area contributed by atoms with Gasteiger partial charge in [0.15, 0.2) is 0 Å². The topological polar surface area (TPSA) is 40.5 Å². The Labute approximate surface area is 82.8 Å². The molecule has 0 radical (unpaired) electrons. The molecular weight excluding hydrogens is 188 g/mol. The summed E-state index contributed by atoms with van der Waals surface area (Å²) >= 11 is 5.40. The number of hydrogen-bond donors (Lipinski definition) is 2. The summed E-state index contributed by atoms with van der Waals surface area (Å²) in [7, 11) is 0. The van der Waals surface area contributed by atoms with Crippen LogP contribution in [0.15, 0.2) is 30.3 Å². The molecule has 72 valence electrons. The van der Waals surface area contributed by atoms with Gasteiger partial charge >= 0.3 is 0 Å². The van der Waals surface area contributed by atoms with E-state index in [1.165, 1.54) is 0 Å². The van der Waals surface area contributed by atoms with E-state index in [4.69, 9.17) is 11.6 Å². The Balaban J connectivity index is 2.50. The lowest BCUT2D eigenvalue weighted by Gasteiger charge is -2.14. The van der Waals surface area contributed by atoms with E-state index in [0.29, 0.717) is 6.42 Å². The van der Waals surface area contributed by atoms with Crippen LogP contribution in [0.2, 0.25) is 0 Å². The van der Waals surface area contributed by atoms with Gasteiger partial charge in [0.05, 0.1) is 18.1 Å². The van der Waals surface area contributed by atoms with Gasteiger partial charge in [-0.05, 0) is 5.56 Å². The highest BCUT2D eigenvalue weighted by molar-refractivity contribution is 6.18. The minimum Gasteiger partial charge on any atom is -0.390 e. The minimum absolute atomic E-state index is 0.0635. The molecule has 0 saturated heterocycles. The Hall–Kier alpha value is -0.570. The quantitative estimate of drug-likeness (QED) is 0.717. The number of alkyl halides is 1. The van der Waals surface area contributed by atoms with Crippen LogP contribution >= 0.6 is 11.6 Å². The molecule has 1 aromatic rings. The Morgan fingerprint density at radius 1 is 1.08 bits per heavy atom. The van der Waals surface area contributed by atoms with Gasteiger partial charge in [-0.2, -0.15) is 0 Å². The van der Waals surface area contributed by atoms with Crippen LogP contribution < -0.4 is 0 Å². The van der Waals surface area contributed by atoms with Crippen LogP contribution in [-0.2, 0) is 6.42 Å². The van der Waals surface area contributed by atoms with Crippen LogP contribution in [0, 0.1) is 0 Å². The van der Waals surface area contributed by atoms with Crippen molar-refractivity contribution in [2.24, 2.45) is 0 Å². The van der Waals surface area contributed by atoms with Crippen molar-refractivity contribution < 1.29 is 10.2 Å². The molecule has 13 heavy (non-hydrogen) atoms. The van der Waals surface area contributed by atoms with E-state index >= 15 is 0 Å². The van der Waals surface area contributed by atoms with Crippen molar-refractivity contribution in [1.82, 2.24) is 0 Å². The van der Waals surface area contributed by atoms with Crippen LogP contribution in [0.4, 0.5) is 0 Å². The second-order valence-electron chi connectivity index (χ2n) is 2.98. The Morgan fingerprint density at radius 3 is 2.23 bits per heavy atom. The first-order valence-electron chi connectivity index (χ1n) is 4.20. The van der Waals surface area contributed by atoms with Gasteiger partial charge in [0.2, 0.25) is 0 Å². The first kappa shape index (κ1) is 10.5. The predicted molar refractivity (Wildman–Crippen MR) is 52.9 cm³/mol. The third-order valence-corrected chi connectivity index (χ3v) is 2.21. The number of rotatable bonds is 4. The number of benzene rings is 1. The molecule has 0 spiro atoms. The molecule has 0 aliphatic carbocycles. The zero-order valence-electron chi connectivity index (χ0n) is 7.23. The van der Waals surface area contributed by atoms with E-state index < -0.39 is 12.2 Å². The molecule has 0 amide bonds. The van der Waals surface area contributed by atoms with Gasteiger partial charge in [0, 0.05) is 6.42 Å². The maximum atomic E-state index is 9.44. The standard InChI is InChI=1S/C10H13ClO2/c11-7-10(13)9(12)6-8-4-2-1-3-5-8/h1-5,9-10,12-13H,6-7H2/t9-,10?/m0/s1. The molecule has 0 bridgehead atoms. The van der Waals surface area contributed by atoms with Gasteiger partial charge in [-0.15, -0.1) is 11.6 Å². The van der Waals surface area contributed by atoms with Crippen molar-refractivity contribution in [2.75, 3.05) is 5.88 Å². The monoisotopic (exact) mass is 200 g/mol. The maximum absolute atomic E-state index is 9.44. The largest absolute Gasteiger partial charge is 0.390 e. The Bertz CT molecular complexity index is 238. The summed E-state index contributed by atoms with van der Waals surface area (Å²) in [5, 5.41) is 18.6. The van der Waals surface area contributed by atoms with E-state index in [0.717, 1.165) is 5.56 Å². The highest BCUT2D eigenvalue weighted by Gasteiger charge is 2.14. The SMILES string of the molecule is OC(CCl)[C@@H](O)Cc1ccccc1. The highest BCUT2D eigenvalue weighted by atomic mass is 35.5. The average Bonchev–Trinajstić information content (AvgIpc) is 2.18. The van der Waals surface area contributed by atoms with Gasteiger partial charge in [0.1, 0.15) is 0 Å². The van der Waals surface area contributed by atoms with E-state index in [-0.39, 0.29) is 5.88 Å². The van der Waals surface area contributed by atoms with Crippen LogP contribution in [0.5, 0.6) is 0 Å². The number of hydrogen-bond acceptors (Lipinski definition) is 2. The normalized spacial score (nSPS) is 15.3. The van der Waals surface area contributed by atoms with E-state index in [1.54, 1.807) is 0 Å². The van der Waals surface area contributed by atoms with E-state index in [1.807, 2.05) is 30.3 Å². The fourth-order valence-corrected chi connectivity index (χ4v) is 1.30. The fourth-order valence-electron chi connectivity index (χ4n) is 1.09. The highest BCUT2D eigenvalue weighted by Crippen LogP contribution is 2.06. The third kappa shape index (κ3) is 3.35. The molecule has 0 heterocycles. The number of aliphatic hydroxyl groups excluding tert-OH is 2. The van der Waals surface area contributed by atoms with Crippen LogP contribution in [0.25, 0.3) is 0 Å². The molecule has 1 rings (SSSR count). The molecule has 1 unspecified atom stereocenters. The first-order valence-corrected chi connectivity index (χ1v) is 4.73. The zero-order valence-corrected chi connectivity index (χ0v) is 7.98. The van der Waals surface area contributed by atoms with Crippen molar-refractivity contribution >= 4 is 11.6 Å². The second kappa shape index (κ2) is 5.22. The molecule has 0 fully saturated rings. The molecule has 0 saturated carbocycles. The van der Waals surface area contributed by atoms with Crippen molar-refractivity contribution in [1.29, 1.82) is 0 Å². The summed E-state index contributed by atoms with van der Waals surface area (Å²) in [4.78, 5) is 0. The van der Waals surface area contributed by atoms with E-state index in [9.17, 15) is 10.2 Å². The second-order valence-corrected chi connectivity index (χ2v) is 3.29.